The molecular weight excluding hydrogens is 290 g/mol. The van der Waals surface area contributed by atoms with Gasteiger partial charge in [-0.3, -0.25) is 4.79 Å². The van der Waals surface area contributed by atoms with Crippen LogP contribution >= 0.6 is 11.3 Å². The second kappa shape index (κ2) is 6.53. The van der Waals surface area contributed by atoms with Crippen molar-refractivity contribution in [3.8, 4) is 0 Å². The number of anilines is 1. The highest BCUT2D eigenvalue weighted by molar-refractivity contribution is 7.16. The first-order valence-electron chi connectivity index (χ1n) is 6.64. The zero-order valence-electron chi connectivity index (χ0n) is 11.9. The third kappa shape index (κ3) is 3.69. The molecule has 1 heterocycles. The molecule has 0 aliphatic rings. The maximum absolute atomic E-state index is 12.3. The van der Waals surface area contributed by atoms with E-state index < -0.39 is 12.0 Å². The quantitative estimate of drug-likeness (QED) is 0.889. The summed E-state index contributed by atoms with van der Waals surface area (Å²) in [6.07, 6.45) is 0.689. The minimum Gasteiger partial charge on any atom is -0.480 e. The number of urea groups is 1. The Labute approximate surface area is 126 Å². The predicted molar refractivity (Wildman–Crippen MR) is 82.7 cm³/mol. The van der Waals surface area contributed by atoms with Crippen LogP contribution in [0.25, 0.3) is 10.2 Å². The average molecular weight is 307 g/mol. The fourth-order valence-corrected chi connectivity index (χ4v) is 2.64. The summed E-state index contributed by atoms with van der Waals surface area (Å²) in [6, 6.07) is 4.87. The number of carboxylic acid groups (broad SMARTS) is 1. The van der Waals surface area contributed by atoms with Crippen LogP contribution in [0, 0.1) is 0 Å². The first kappa shape index (κ1) is 15.2. The molecule has 0 fully saturated rings. The number of carbonyl (C=O) groups is 2. The van der Waals surface area contributed by atoms with Gasteiger partial charge in [-0.05, 0) is 31.5 Å². The number of benzene rings is 1. The molecule has 0 spiro atoms. The van der Waals surface area contributed by atoms with Gasteiger partial charge in [0.1, 0.15) is 6.54 Å². The maximum Gasteiger partial charge on any atom is 0.323 e. The lowest BCUT2D eigenvalue weighted by Crippen LogP contribution is -2.44. The molecule has 0 aliphatic heterocycles. The van der Waals surface area contributed by atoms with E-state index in [1.54, 1.807) is 11.6 Å². The predicted octanol–water partition coefficient (Wildman–Crippen LogP) is 3.01. The number of nitrogens with zero attached hydrogens (tertiary/aromatic N) is 2. The summed E-state index contributed by atoms with van der Waals surface area (Å²) in [5, 5.41) is 11.7. The number of amides is 2. The van der Waals surface area contributed by atoms with Crippen LogP contribution in [0.3, 0.4) is 0 Å². The molecule has 1 aromatic carbocycles. The molecule has 2 amide bonds. The standard InChI is InChI=1S/C14H17N3O3S/c1-3-9(2)17(7-13(18)19)14(20)16-10-4-5-11-12(6-10)21-8-15-11/h4-6,8-9H,3,7H2,1-2H3,(H,16,20)(H,18,19). The number of aliphatic carboxylic acids is 1. The highest BCUT2D eigenvalue weighted by atomic mass is 32.1. The van der Waals surface area contributed by atoms with Gasteiger partial charge in [0.2, 0.25) is 0 Å². The van der Waals surface area contributed by atoms with Crippen LogP contribution in [-0.4, -0.2) is 39.6 Å². The summed E-state index contributed by atoms with van der Waals surface area (Å²) < 4.78 is 0.973. The molecule has 0 saturated heterocycles. The van der Waals surface area contributed by atoms with E-state index >= 15 is 0 Å². The van der Waals surface area contributed by atoms with Gasteiger partial charge in [-0.15, -0.1) is 11.3 Å². The average Bonchev–Trinajstić information content (AvgIpc) is 2.91. The van der Waals surface area contributed by atoms with E-state index in [-0.39, 0.29) is 12.6 Å². The number of aromatic nitrogens is 1. The minimum atomic E-state index is -1.02. The summed E-state index contributed by atoms with van der Waals surface area (Å²) >= 11 is 1.49. The van der Waals surface area contributed by atoms with Crippen molar-refractivity contribution >= 4 is 39.2 Å². The molecule has 2 N–H and O–H groups in total. The Balaban J connectivity index is 2.14. The molecule has 2 aromatic rings. The summed E-state index contributed by atoms with van der Waals surface area (Å²) in [7, 11) is 0. The second-order valence-electron chi connectivity index (χ2n) is 4.74. The zero-order valence-corrected chi connectivity index (χ0v) is 12.7. The molecule has 1 aromatic heterocycles. The van der Waals surface area contributed by atoms with Gasteiger partial charge in [-0.2, -0.15) is 0 Å². The van der Waals surface area contributed by atoms with Crippen LogP contribution in [0.1, 0.15) is 20.3 Å². The number of hydrogen-bond donors (Lipinski definition) is 2. The van der Waals surface area contributed by atoms with Crippen molar-refractivity contribution in [3.63, 3.8) is 0 Å². The molecule has 0 bridgehead atoms. The maximum atomic E-state index is 12.3. The van der Waals surface area contributed by atoms with Crippen LogP contribution in [0.5, 0.6) is 0 Å². The van der Waals surface area contributed by atoms with Crippen LogP contribution in [-0.2, 0) is 4.79 Å². The Morgan fingerprint density at radius 3 is 2.90 bits per heavy atom. The van der Waals surface area contributed by atoms with Gasteiger partial charge < -0.3 is 15.3 Å². The first-order chi connectivity index (χ1) is 10.0. The second-order valence-corrected chi connectivity index (χ2v) is 5.63. The number of nitrogens with one attached hydrogen (secondary N) is 1. The van der Waals surface area contributed by atoms with E-state index in [2.05, 4.69) is 10.3 Å². The van der Waals surface area contributed by atoms with Gasteiger partial charge in [-0.1, -0.05) is 6.92 Å². The Kier molecular flexibility index (Phi) is 4.74. The van der Waals surface area contributed by atoms with Crippen LogP contribution in [0.15, 0.2) is 23.7 Å². The van der Waals surface area contributed by atoms with Crippen molar-refractivity contribution in [3.05, 3.63) is 23.7 Å². The molecule has 1 unspecified atom stereocenters. The highest BCUT2D eigenvalue weighted by Crippen LogP contribution is 2.22. The van der Waals surface area contributed by atoms with Gasteiger partial charge in [0.25, 0.3) is 0 Å². The highest BCUT2D eigenvalue weighted by Gasteiger charge is 2.21. The molecule has 7 heteroatoms. The number of carboxylic acids is 1. The Bertz CT molecular complexity index is 656. The molecule has 0 saturated carbocycles. The fourth-order valence-electron chi connectivity index (χ4n) is 1.92. The summed E-state index contributed by atoms with van der Waals surface area (Å²) in [5.74, 6) is -1.02. The SMILES string of the molecule is CCC(C)N(CC(=O)O)C(=O)Nc1ccc2ncsc2c1. The van der Waals surface area contributed by atoms with E-state index in [4.69, 9.17) is 5.11 Å². The van der Waals surface area contributed by atoms with Crippen LogP contribution < -0.4 is 5.32 Å². The fraction of sp³-hybridized carbons (Fsp3) is 0.357. The van der Waals surface area contributed by atoms with E-state index in [9.17, 15) is 9.59 Å². The zero-order chi connectivity index (χ0) is 15.4. The lowest BCUT2D eigenvalue weighted by molar-refractivity contribution is -0.138. The summed E-state index contributed by atoms with van der Waals surface area (Å²) in [4.78, 5) is 28.7. The van der Waals surface area contributed by atoms with Crippen LogP contribution in [0.2, 0.25) is 0 Å². The van der Waals surface area contributed by atoms with Crippen molar-refractivity contribution in [1.29, 1.82) is 0 Å². The first-order valence-corrected chi connectivity index (χ1v) is 7.52. The smallest absolute Gasteiger partial charge is 0.323 e. The number of thiazole rings is 1. The van der Waals surface area contributed by atoms with Crippen molar-refractivity contribution in [1.82, 2.24) is 9.88 Å². The molecule has 6 nitrogen and oxygen atoms in total. The van der Waals surface area contributed by atoms with Crippen molar-refractivity contribution in [2.24, 2.45) is 0 Å². The Morgan fingerprint density at radius 2 is 2.24 bits per heavy atom. The number of rotatable bonds is 5. The third-order valence-corrected chi connectivity index (χ3v) is 4.06. The number of hydrogen-bond acceptors (Lipinski definition) is 4. The molecule has 2 rings (SSSR count). The Morgan fingerprint density at radius 1 is 1.48 bits per heavy atom. The number of carbonyl (C=O) groups excluding carboxylic acids is 1. The molecule has 112 valence electrons. The molecule has 1 atom stereocenters. The Hall–Kier alpha value is -2.15. The van der Waals surface area contributed by atoms with E-state index in [1.165, 1.54) is 16.2 Å². The van der Waals surface area contributed by atoms with Gasteiger partial charge >= 0.3 is 12.0 Å². The number of fused-ring (bicyclic) bond motifs is 1. The topological polar surface area (TPSA) is 82.5 Å². The van der Waals surface area contributed by atoms with Gasteiger partial charge in [-0.25, -0.2) is 9.78 Å². The molecular formula is C14H17N3O3S. The minimum absolute atomic E-state index is 0.145. The van der Waals surface area contributed by atoms with Crippen molar-refractivity contribution in [2.75, 3.05) is 11.9 Å². The van der Waals surface area contributed by atoms with Crippen molar-refractivity contribution < 1.29 is 14.7 Å². The summed E-state index contributed by atoms with van der Waals surface area (Å²) in [6.45, 7) is 3.43. The van der Waals surface area contributed by atoms with E-state index in [0.29, 0.717) is 12.1 Å². The monoisotopic (exact) mass is 307 g/mol. The summed E-state index contributed by atoms with van der Waals surface area (Å²) in [5.41, 5.74) is 3.25. The molecule has 0 aliphatic carbocycles. The van der Waals surface area contributed by atoms with Gasteiger partial charge in [0, 0.05) is 11.7 Å². The molecule has 21 heavy (non-hydrogen) atoms. The van der Waals surface area contributed by atoms with E-state index in [1.807, 2.05) is 26.0 Å². The molecule has 0 radical (unpaired) electrons. The lowest BCUT2D eigenvalue weighted by atomic mass is 10.2. The van der Waals surface area contributed by atoms with Crippen molar-refractivity contribution in [2.45, 2.75) is 26.3 Å². The van der Waals surface area contributed by atoms with Gasteiger partial charge in [0.15, 0.2) is 0 Å². The van der Waals surface area contributed by atoms with Crippen LogP contribution in [0.4, 0.5) is 10.5 Å². The largest absolute Gasteiger partial charge is 0.480 e. The lowest BCUT2D eigenvalue weighted by Gasteiger charge is -2.27. The third-order valence-electron chi connectivity index (χ3n) is 3.27. The van der Waals surface area contributed by atoms with E-state index in [0.717, 1.165) is 10.2 Å². The normalized spacial score (nSPS) is 12.1. The van der Waals surface area contributed by atoms with Gasteiger partial charge in [0.05, 0.1) is 15.7 Å².